The number of hydrogen-bond acceptors (Lipinski definition) is 7. The first-order valence-corrected chi connectivity index (χ1v) is 10.3. The van der Waals surface area contributed by atoms with Gasteiger partial charge in [-0.2, -0.15) is 18.3 Å². The molecule has 31 heavy (non-hydrogen) atoms. The molecular formula is C20H15F3N2O4S2. The van der Waals surface area contributed by atoms with Gasteiger partial charge in [-0.25, -0.2) is 10.2 Å². The first kappa shape index (κ1) is 22.5. The van der Waals surface area contributed by atoms with Gasteiger partial charge in [0.05, 0.1) is 33.7 Å². The van der Waals surface area contributed by atoms with Crippen molar-refractivity contribution in [1.29, 1.82) is 0 Å². The average Bonchev–Trinajstić information content (AvgIpc) is 3.38. The van der Waals surface area contributed by atoms with Crippen molar-refractivity contribution in [3.8, 4) is 16.2 Å². The number of thiophene rings is 2. The highest BCUT2D eigenvalue weighted by molar-refractivity contribution is 7.16. The van der Waals surface area contributed by atoms with E-state index in [0.29, 0.717) is 21.7 Å². The molecule has 2 aromatic heterocycles. The van der Waals surface area contributed by atoms with E-state index in [4.69, 9.17) is 0 Å². The minimum Gasteiger partial charge on any atom is -0.506 e. The van der Waals surface area contributed by atoms with Crippen molar-refractivity contribution >= 4 is 40.3 Å². The molecule has 1 amide bonds. The summed E-state index contributed by atoms with van der Waals surface area (Å²) in [6.45, 7) is 1.56. The number of ether oxygens (including phenoxy) is 1. The van der Waals surface area contributed by atoms with Crippen LogP contribution >= 0.6 is 22.7 Å². The van der Waals surface area contributed by atoms with Crippen LogP contribution in [0.3, 0.4) is 0 Å². The Hall–Kier alpha value is -3.18. The van der Waals surface area contributed by atoms with E-state index in [2.05, 4.69) is 15.3 Å². The first-order valence-electron chi connectivity index (χ1n) is 8.63. The second-order valence-electron chi connectivity index (χ2n) is 6.20. The van der Waals surface area contributed by atoms with Crippen LogP contribution in [0.4, 0.5) is 13.2 Å². The van der Waals surface area contributed by atoms with Crippen molar-refractivity contribution in [3.05, 3.63) is 62.7 Å². The van der Waals surface area contributed by atoms with Crippen LogP contribution in [0.5, 0.6) is 5.75 Å². The van der Waals surface area contributed by atoms with Crippen LogP contribution in [0.15, 0.2) is 46.9 Å². The van der Waals surface area contributed by atoms with Gasteiger partial charge in [-0.05, 0) is 36.8 Å². The quantitative estimate of drug-likeness (QED) is 0.308. The summed E-state index contributed by atoms with van der Waals surface area (Å²) in [7, 11) is 1.24. The number of carbonyl (C=O) groups is 2. The fourth-order valence-corrected chi connectivity index (χ4v) is 4.37. The van der Waals surface area contributed by atoms with Crippen molar-refractivity contribution in [2.45, 2.75) is 13.1 Å². The summed E-state index contributed by atoms with van der Waals surface area (Å²) in [4.78, 5) is 24.6. The maximum absolute atomic E-state index is 12.7. The van der Waals surface area contributed by atoms with Crippen LogP contribution in [-0.4, -0.2) is 29.8 Å². The van der Waals surface area contributed by atoms with E-state index < -0.39 is 23.6 Å². The van der Waals surface area contributed by atoms with E-state index in [1.807, 2.05) is 0 Å². The lowest BCUT2D eigenvalue weighted by Gasteiger charge is -2.07. The highest BCUT2D eigenvalue weighted by atomic mass is 32.1. The Bertz CT molecular complexity index is 1150. The van der Waals surface area contributed by atoms with Crippen LogP contribution < -0.4 is 5.43 Å². The molecule has 0 spiro atoms. The Morgan fingerprint density at radius 3 is 2.35 bits per heavy atom. The van der Waals surface area contributed by atoms with E-state index in [9.17, 15) is 27.9 Å². The number of esters is 1. The number of aromatic hydroxyl groups is 1. The summed E-state index contributed by atoms with van der Waals surface area (Å²) in [5.74, 6) is -1.25. The molecular weight excluding hydrogens is 453 g/mol. The maximum Gasteiger partial charge on any atom is 0.416 e. The predicted molar refractivity (Wildman–Crippen MR) is 112 cm³/mol. The summed E-state index contributed by atoms with van der Waals surface area (Å²) in [5, 5.41) is 16.1. The van der Waals surface area contributed by atoms with Crippen molar-refractivity contribution < 1.29 is 32.6 Å². The van der Waals surface area contributed by atoms with Gasteiger partial charge >= 0.3 is 12.1 Å². The summed E-state index contributed by atoms with van der Waals surface area (Å²) >= 11 is 2.08. The van der Waals surface area contributed by atoms with E-state index in [0.717, 1.165) is 34.8 Å². The molecule has 6 nitrogen and oxygen atoms in total. The zero-order chi connectivity index (χ0) is 22.8. The molecule has 0 unspecified atom stereocenters. The monoisotopic (exact) mass is 468 g/mol. The van der Waals surface area contributed by atoms with Gasteiger partial charge in [0.1, 0.15) is 10.6 Å². The van der Waals surface area contributed by atoms with Gasteiger partial charge in [0.2, 0.25) is 0 Å². The molecule has 0 fully saturated rings. The molecule has 0 bridgehead atoms. The van der Waals surface area contributed by atoms with Crippen molar-refractivity contribution in [3.63, 3.8) is 0 Å². The normalized spacial score (nSPS) is 12.0. The molecule has 0 aliphatic carbocycles. The second-order valence-corrected chi connectivity index (χ2v) is 8.16. The molecule has 2 heterocycles. The molecule has 0 atom stereocenters. The van der Waals surface area contributed by atoms with Crippen LogP contribution in [0.25, 0.3) is 10.4 Å². The third kappa shape index (κ3) is 4.94. The first-order chi connectivity index (χ1) is 14.6. The molecule has 0 aliphatic heterocycles. The summed E-state index contributed by atoms with van der Waals surface area (Å²) in [5.41, 5.74) is 2.62. The molecule has 1 aromatic carbocycles. The molecule has 0 saturated heterocycles. The Kier molecular flexibility index (Phi) is 6.46. The molecule has 0 aliphatic rings. The fraction of sp³-hybridized carbons (Fsp3) is 0.150. The molecule has 162 valence electrons. The number of rotatable bonds is 5. The molecule has 2 N–H and O–H groups in total. The number of methoxy groups -OCH3 is 1. The van der Waals surface area contributed by atoms with Gasteiger partial charge in [0.15, 0.2) is 0 Å². The Balaban J connectivity index is 1.75. The van der Waals surface area contributed by atoms with Gasteiger partial charge in [0, 0.05) is 5.38 Å². The van der Waals surface area contributed by atoms with Gasteiger partial charge in [0.25, 0.3) is 5.91 Å². The van der Waals surface area contributed by atoms with Gasteiger partial charge in [-0.15, -0.1) is 22.7 Å². The number of nitrogens with one attached hydrogen (secondary N) is 1. The molecule has 3 aromatic rings. The number of alkyl halides is 3. The lowest BCUT2D eigenvalue weighted by atomic mass is 10.1. The average molecular weight is 468 g/mol. The van der Waals surface area contributed by atoms with Crippen molar-refractivity contribution in [1.82, 2.24) is 5.43 Å². The van der Waals surface area contributed by atoms with Crippen LogP contribution in [0, 0.1) is 0 Å². The van der Waals surface area contributed by atoms with Crippen LogP contribution in [0.1, 0.15) is 37.4 Å². The summed E-state index contributed by atoms with van der Waals surface area (Å²) in [6, 6.07) is 7.37. The van der Waals surface area contributed by atoms with Crippen molar-refractivity contribution in [2.75, 3.05) is 7.11 Å². The Morgan fingerprint density at radius 1 is 1.10 bits per heavy atom. The molecule has 3 rings (SSSR count). The number of halogens is 3. The van der Waals surface area contributed by atoms with Gasteiger partial charge < -0.3 is 9.84 Å². The SMILES string of the molecule is COC(=O)c1ccc(C(=O)N/N=C(/C)c2csc(-c3ccc(C(F)(F)F)cc3)c2O)s1. The summed E-state index contributed by atoms with van der Waals surface area (Å²) in [6.07, 6.45) is -4.44. The van der Waals surface area contributed by atoms with E-state index in [-0.39, 0.29) is 15.5 Å². The number of hydrazone groups is 1. The molecule has 0 saturated carbocycles. The second kappa shape index (κ2) is 8.90. The predicted octanol–water partition coefficient (Wildman–Crippen LogP) is 5.14. The zero-order valence-corrected chi connectivity index (χ0v) is 17.7. The third-order valence-corrected chi connectivity index (χ3v) is 6.25. The zero-order valence-electron chi connectivity index (χ0n) is 16.1. The molecule has 11 heteroatoms. The fourth-order valence-electron chi connectivity index (χ4n) is 2.54. The third-order valence-electron chi connectivity index (χ3n) is 4.17. The minimum absolute atomic E-state index is 0.149. The van der Waals surface area contributed by atoms with E-state index >= 15 is 0 Å². The standard InChI is InChI=1S/C20H15F3N2O4S2/c1-10(24-25-18(27)14-7-8-15(31-14)19(28)29-2)13-9-30-17(16(13)26)11-3-5-12(6-4-11)20(21,22)23/h3-9,26H,1-2H3,(H,25,27)/b24-10-. The topological polar surface area (TPSA) is 88.0 Å². The number of nitrogens with zero attached hydrogens (tertiary/aromatic N) is 1. The summed E-state index contributed by atoms with van der Waals surface area (Å²) < 4.78 is 42.8. The number of amides is 1. The van der Waals surface area contributed by atoms with Crippen LogP contribution in [-0.2, 0) is 10.9 Å². The minimum atomic E-state index is -4.44. The highest BCUT2D eigenvalue weighted by Gasteiger charge is 2.30. The Morgan fingerprint density at radius 2 is 1.74 bits per heavy atom. The number of hydrogen-bond donors (Lipinski definition) is 2. The van der Waals surface area contributed by atoms with E-state index in [1.54, 1.807) is 12.3 Å². The molecule has 0 radical (unpaired) electrons. The van der Waals surface area contributed by atoms with Gasteiger partial charge in [-0.1, -0.05) is 12.1 Å². The number of carbonyl (C=O) groups excluding carboxylic acids is 2. The van der Waals surface area contributed by atoms with Gasteiger partial charge in [-0.3, -0.25) is 4.79 Å². The highest BCUT2D eigenvalue weighted by Crippen LogP contribution is 2.40. The number of benzene rings is 1. The van der Waals surface area contributed by atoms with Crippen molar-refractivity contribution in [2.24, 2.45) is 5.10 Å². The lowest BCUT2D eigenvalue weighted by Crippen LogP contribution is -2.18. The maximum atomic E-state index is 12.7. The van der Waals surface area contributed by atoms with Crippen LogP contribution in [0.2, 0.25) is 0 Å². The largest absolute Gasteiger partial charge is 0.506 e. The lowest BCUT2D eigenvalue weighted by molar-refractivity contribution is -0.137. The smallest absolute Gasteiger partial charge is 0.416 e. The van der Waals surface area contributed by atoms with E-state index in [1.165, 1.54) is 31.4 Å². The Labute approximate surface area is 182 Å².